The fraction of sp³-hybridized carbons (Fsp3) is 0.316. The minimum absolute atomic E-state index is 0.0362. The lowest BCUT2D eigenvalue weighted by atomic mass is 9.87. The minimum Gasteiger partial charge on any atom is -0.495 e. The highest BCUT2D eigenvalue weighted by Crippen LogP contribution is 2.29. The van der Waals surface area contributed by atoms with E-state index < -0.39 is 10.8 Å². The monoisotopic (exact) mass is 358 g/mol. The second kappa shape index (κ2) is 7.86. The number of hydrogen-bond donors (Lipinski definition) is 1. The molecule has 138 valence electrons. The highest BCUT2D eigenvalue weighted by molar-refractivity contribution is 5.93. The van der Waals surface area contributed by atoms with Gasteiger partial charge in [0.2, 0.25) is 0 Å². The Kier molecular flexibility index (Phi) is 5.82. The average molecular weight is 358 g/mol. The molecule has 0 fully saturated rings. The Hall–Kier alpha value is -3.09. The van der Waals surface area contributed by atoms with Gasteiger partial charge in [0, 0.05) is 12.1 Å². The fourth-order valence-electron chi connectivity index (χ4n) is 2.29. The maximum absolute atomic E-state index is 12.1. The van der Waals surface area contributed by atoms with Crippen molar-refractivity contribution < 1.29 is 19.2 Å². The molecule has 0 saturated carbocycles. The molecular weight excluding hydrogens is 336 g/mol. The third-order valence-corrected chi connectivity index (χ3v) is 3.76. The van der Waals surface area contributed by atoms with Crippen LogP contribution in [0, 0.1) is 10.1 Å². The Balaban J connectivity index is 2.01. The molecular formula is C19H22N2O5. The average Bonchev–Trinajstić information content (AvgIpc) is 2.59. The summed E-state index contributed by atoms with van der Waals surface area (Å²) in [6.45, 7) is 6.12. The van der Waals surface area contributed by atoms with Crippen molar-refractivity contribution in [3.05, 3.63) is 58.1 Å². The molecule has 1 amide bonds. The van der Waals surface area contributed by atoms with E-state index in [4.69, 9.17) is 9.47 Å². The summed E-state index contributed by atoms with van der Waals surface area (Å²) in [7, 11) is 1.42. The molecule has 7 nitrogen and oxygen atoms in total. The summed E-state index contributed by atoms with van der Waals surface area (Å²) in [5.74, 6) is 0.460. The summed E-state index contributed by atoms with van der Waals surface area (Å²) in [4.78, 5) is 22.4. The Bertz CT molecular complexity index is 795. The number of nitro groups is 1. The molecule has 26 heavy (non-hydrogen) atoms. The largest absolute Gasteiger partial charge is 0.495 e. The number of anilines is 1. The zero-order valence-corrected chi connectivity index (χ0v) is 15.2. The molecule has 0 aliphatic heterocycles. The number of rotatable bonds is 6. The van der Waals surface area contributed by atoms with Crippen molar-refractivity contribution in [1.29, 1.82) is 0 Å². The van der Waals surface area contributed by atoms with Gasteiger partial charge in [0.05, 0.1) is 17.7 Å². The van der Waals surface area contributed by atoms with Gasteiger partial charge in [0.15, 0.2) is 6.61 Å². The van der Waals surface area contributed by atoms with Gasteiger partial charge < -0.3 is 14.8 Å². The lowest BCUT2D eigenvalue weighted by Crippen LogP contribution is -2.20. The number of methoxy groups -OCH3 is 1. The van der Waals surface area contributed by atoms with E-state index in [9.17, 15) is 14.9 Å². The molecule has 2 aromatic carbocycles. The van der Waals surface area contributed by atoms with Crippen molar-refractivity contribution in [2.24, 2.45) is 0 Å². The number of non-ortho nitro benzene ring substituents is 1. The first-order valence-electron chi connectivity index (χ1n) is 8.06. The molecule has 7 heteroatoms. The molecule has 0 atom stereocenters. The van der Waals surface area contributed by atoms with Crippen LogP contribution in [0.2, 0.25) is 0 Å². The second-order valence-electron chi connectivity index (χ2n) is 6.75. The Labute approximate surface area is 152 Å². The van der Waals surface area contributed by atoms with Crippen LogP contribution in [-0.4, -0.2) is 24.5 Å². The van der Waals surface area contributed by atoms with Crippen LogP contribution in [-0.2, 0) is 10.2 Å². The molecule has 0 aromatic heterocycles. The number of nitro benzene ring substituents is 1. The highest BCUT2D eigenvalue weighted by atomic mass is 16.6. The quantitative estimate of drug-likeness (QED) is 0.624. The van der Waals surface area contributed by atoms with Crippen molar-refractivity contribution >= 4 is 17.3 Å². The van der Waals surface area contributed by atoms with Gasteiger partial charge in [-0.15, -0.1) is 0 Å². The van der Waals surface area contributed by atoms with Crippen molar-refractivity contribution in [2.45, 2.75) is 26.2 Å². The third-order valence-electron chi connectivity index (χ3n) is 3.76. The van der Waals surface area contributed by atoms with E-state index in [2.05, 4.69) is 26.1 Å². The van der Waals surface area contributed by atoms with E-state index in [-0.39, 0.29) is 23.4 Å². The molecule has 2 rings (SSSR count). The van der Waals surface area contributed by atoms with Crippen LogP contribution in [0.4, 0.5) is 11.4 Å². The molecule has 0 unspecified atom stereocenters. The van der Waals surface area contributed by atoms with Gasteiger partial charge >= 0.3 is 0 Å². The standard InChI is InChI=1S/C19H22N2O5/c1-19(2,3)13-5-8-15(9-6-13)26-12-18(22)20-16-11-14(21(23)24)7-10-17(16)25-4/h5-11H,12H2,1-4H3,(H,20,22). The summed E-state index contributed by atoms with van der Waals surface area (Å²) in [6, 6.07) is 11.5. The number of carbonyl (C=O) groups is 1. The maximum Gasteiger partial charge on any atom is 0.271 e. The molecule has 0 aliphatic carbocycles. The fourth-order valence-corrected chi connectivity index (χ4v) is 2.29. The number of amides is 1. The summed E-state index contributed by atoms with van der Waals surface area (Å²) in [5, 5.41) is 13.4. The lowest BCUT2D eigenvalue weighted by molar-refractivity contribution is -0.384. The van der Waals surface area contributed by atoms with Gasteiger partial charge in [-0.3, -0.25) is 14.9 Å². The smallest absolute Gasteiger partial charge is 0.271 e. The molecule has 0 aliphatic rings. The van der Waals surface area contributed by atoms with Gasteiger partial charge in [-0.2, -0.15) is 0 Å². The van der Waals surface area contributed by atoms with Gasteiger partial charge in [0.1, 0.15) is 11.5 Å². The van der Waals surface area contributed by atoms with Crippen molar-refractivity contribution in [1.82, 2.24) is 0 Å². The molecule has 0 radical (unpaired) electrons. The number of benzene rings is 2. The number of ether oxygens (including phenoxy) is 2. The predicted molar refractivity (Wildman–Crippen MR) is 98.9 cm³/mol. The van der Waals surface area contributed by atoms with Crippen molar-refractivity contribution in [3.63, 3.8) is 0 Å². The molecule has 2 aromatic rings. The topological polar surface area (TPSA) is 90.7 Å². The maximum atomic E-state index is 12.1. The Morgan fingerprint density at radius 2 is 1.81 bits per heavy atom. The van der Waals surface area contributed by atoms with Crippen LogP contribution < -0.4 is 14.8 Å². The number of hydrogen-bond acceptors (Lipinski definition) is 5. The molecule has 0 saturated heterocycles. The van der Waals surface area contributed by atoms with E-state index in [0.29, 0.717) is 11.5 Å². The normalized spacial score (nSPS) is 10.9. The van der Waals surface area contributed by atoms with Gasteiger partial charge in [-0.1, -0.05) is 32.9 Å². The van der Waals surface area contributed by atoms with Gasteiger partial charge in [0.25, 0.3) is 11.6 Å². The number of nitrogens with zero attached hydrogens (tertiary/aromatic N) is 1. The van der Waals surface area contributed by atoms with E-state index in [1.165, 1.54) is 25.3 Å². The van der Waals surface area contributed by atoms with Crippen LogP contribution in [0.5, 0.6) is 11.5 Å². The van der Waals surface area contributed by atoms with E-state index in [1.54, 1.807) is 0 Å². The number of carbonyl (C=O) groups excluding carboxylic acids is 1. The zero-order valence-electron chi connectivity index (χ0n) is 15.2. The van der Waals surface area contributed by atoms with Crippen molar-refractivity contribution in [2.75, 3.05) is 19.0 Å². The van der Waals surface area contributed by atoms with Crippen molar-refractivity contribution in [3.8, 4) is 11.5 Å². The van der Waals surface area contributed by atoms with Gasteiger partial charge in [-0.25, -0.2) is 0 Å². The summed E-state index contributed by atoms with van der Waals surface area (Å²) in [5.41, 5.74) is 1.28. The first kappa shape index (κ1) is 19.2. The molecule has 1 N–H and O–H groups in total. The minimum atomic E-state index is -0.539. The van der Waals surface area contributed by atoms with Crippen LogP contribution in [0.3, 0.4) is 0 Å². The second-order valence-corrected chi connectivity index (χ2v) is 6.75. The van der Waals surface area contributed by atoms with E-state index >= 15 is 0 Å². The van der Waals surface area contributed by atoms with Gasteiger partial charge in [-0.05, 0) is 29.2 Å². The summed E-state index contributed by atoms with van der Waals surface area (Å²) in [6.07, 6.45) is 0. The third kappa shape index (κ3) is 4.95. The first-order valence-corrected chi connectivity index (χ1v) is 8.06. The Morgan fingerprint density at radius 3 is 2.35 bits per heavy atom. The molecule has 0 bridgehead atoms. The first-order chi connectivity index (χ1) is 12.2. The summed E-state index contributed by atoms with van der Waals surface area (Å²) < 4.78 is 10.6. The lowest BCUT2D eigenvalue weighted by Gasteiger charge is -2.19. The predicted octanol–water partition coefficient (Wildman–Crippen LogP) is 3.92. The molecule has 0 heterocycles. The van der Waals surface area contributed by atoms with Crippen LogP contribution >= 0.6 is 0 Å². The zero-order chi connectivity index (χ0) is 19.3. The SMILES string of the molecule is COc1ccc([N+](=O)[O-])cc1NC(=O)COc1ccc(C(C)(C)C)cc1. The van der Waals surface area contributed by atoms with E-state index in [1.807, 2.05) is 24.3 Å². The highest BCUT2D eigenvalue weighted by Gasteiger charge is 2.15. The number of nitrogens with one attached hydrogen (secondary N) is 1. The Morgan fingerprint density at radius 1 is 1.15 bits per heavy atom. The van der Waals surface area contributed by atoms with E-state index in [0.717, 1.165) is 5.56 Å². The van der Waals surface area contributed by atoms with Crippen LogP contribution in [0.15, 0.2) is 42.5 Å². The van der Waals surface area contributed by atoms with Crippen LogP contribution in [0.25, 0.3) is 0 Å². The molecule has 0 spiro atoms. The summed E-state index contributed by atoms with van der Waals surface area (Å²) >= 11 is 0. The van der Waals surface area contributed by atoms with Crippen LogP contribution in [0.1, 0.15) is 26.3 Å².